The maximum Gasteiger partial charge on any atom is 0.0630 e. The van der Waals surface area contributed by atoms with E-state index >= 15 is 0 Å². The van der Waals surface area contributed by atoms with E-state index in [1.807, 2.05) is 7.11 Å². The van der Waals surface area contributed by atoms with E-state index in [4.69, 9.17) is 4.74 Å². The van der Waals surface area contributed by atoms with Crippen LogP contribution in [0.5, 0.6) is 0 Å². The molecule has 0 amide bonds. The van der Waals surface area contributed by atoms with Crippen molar-refractivity contribution in [3.8, 4) is 0 Å². The molecule has 1 saturated heterocycles. The summed E-state index contributed by atoms with van der Waals surface area (Å²) in [6.45, 7) is 13.2. The van der Waals surface area contributed by atoms with Gasteiger partial charge >= 0.3 is 0 Å². The predicted molar refractivity (Wildman–Crippen MR) is 81.7 cm³/mol. The van der Waals surface area contributed by atoms with Crippen molar-refractivity contribution in [3.05, 3.63) is 0 Å². The summed E-state index contributed by atoms with van der Waals surface area (Å²) in [5.41, 5.74) is 0. The van der Waals surface area contributed by atoms with E-state index in [-0.39, 0.29) is 0 Å². The molecule has 1 N–H and O–H groups in total. The fraction of sp³-hybridized carbons (Fsp3) is 1.00. The standard InChI is InChI=1S/C15H33N3O/c1-6-14-11-18(8-7-17(14)4)15(12-19-5)10-16-9-13(2)3/h13-16H,6-12H2,1-5H3. The largest absolute Gasteiger partial charge is 0.383 e. The van der Waals surface area contributed by atoms with E-state index in [9.17, 15) is 0 Å². The van der Waals surface area contributed by atoms with Crippen LogP contribution in [0.25, 0.3) is 0 Å². The van der Waals surface area contributed by atoms with Crippen molar-refractivity contribution >= 4 is 0 Å². The van der Waals surface area contributed by atoms with Gasteiger partial charge < -0.3 is 15.0 Å². The van der Waals surface area contributed by atoms with Crippen molar-refractivity contribution in [2.75, 3.05) is 53.5 Å². The van der Waals surface area contributed by atoms with Gasteiger partial charge in [-0.3, -0.25) is 4.90 Å². The Kier molecular flexibility index (Phi) is 7.91. The second kappa shape index (κ2) is 8.90. The number of hydrogen-bond donors (Lipinski definition) is 1. The molecule has 0 aromatic carbocycles. The van der Waals surface area contributed by atoms with Crippen molar-refractivity contribution in [2.24, 2.45) is 5.92 Å². The Balaban J connectivity index is 2.45. The Morgan fingerprint density at radius 3 is 2.58 bits per heavy atom. The number of likely N-dealkylation sites (N-methyl/N-ethyl adjacent to an activating group) is 1. The number of ether oxygens (including phenoxy) is 1. The number of nitrogens with zero attached hydrogens (tertiary/aromatic N) is 2. The van der Waals surface area contributed by atoms with Gasteiger partial charge in [0.25, 0.3) is 0 Å². The molecule has 0 aromatic rings. The lowest BCUT2D eigenvalue weighted by atomic mass is 10.1. The summed E-state index contributed by atoms with van der Waals surface area (Å²) in [6, 6.07) is 1.20. The zero-order valence-electron chi connectivity index (χ0n) is 13.5. The van der Waals surface area contributed by atoms with Gasteiger partial charge in [0.05, 0.1) is 6.61 Å². The molecule has 2 unspecified atom stereocenters. The Morgan fingerprint density at radius 2 is 2.00 bits per heavy atom. The summed E-state index contributed by atoms with van der Waals surface area (Å²) >= 11 is 0. The molecule has 114 valence electrons. The van der Waals surface area contributed by atoms with E-state index in [1.165, 1.54) is 19.5 Å². The first-order valence-corrected chi connectivity index (χ1v) is 7.72. The van der Waals surface area contributed by atoms with E-state index in [2.05, 4.69) is 42.9 Å². The Hall–Kier alpha value is -0.160. The van der Waals surface area contributed by atoms with Crippen molar-refractivity contribution in [2.45, 2.75) is 39.3 Å². The predicted octanol–water partition coefficient (Wildman–Crippen LogP) is 1.27. The van der Waals surface area contributed by atoms with Gasteiger partial charge in [-0.05, 0) is 25.9 Å². The summed E-state index contributed by atoms with van der Waals surface area (Å²) in [7, 11) is 4.05. The average molecular weight is 271 g/mol. The molecule has 0 radical (unpaired) electrons. The van der Waals surface area contributed by atoms with Crippen molar-refractivity contribution in [1.82, 2.24) is 15.1 Å². The van der Waals surface area contributed by atoms with Gasteiger partial charge in [-0.1, -0.05) is 20.8 Å². The number of methoxy groups -OCH3 is 1. The first kappa shape index (κ1) is 16.9. The van der Waals surface area contributed by atoms with Crippen LogP contribution in [0, 0.1) is 5.92 Å². The van der Waals surface area contributed by atoms with Crippen LogP contribution < -0.4 is 5.32 Å². The topological polar surface area (TPSA) is 27.7 Å². The molecule has 2 atom stereocenters. The third-order valence-corrected chi connectivity index (χ3v) is 4.09. The highest BCUT2D eigenvalue weighted by Gasteiger charge is 2.27. The van der Waals surface area contributed by atoms with Gasteiger partial charge in [-0.15, -0.1) is 0 Å². The fourth-order valence-corrected chi connectivity index (χ4v) is 2.77. The molecule has 1 aliphatic heterocycles. The molecule has 4 heteroatoms. The summed E-state index contributed by atoms with van der Waals surface area (Å²) in [4.78, 5) is 5.09. The van der Waals surface area contributed by atoms with Crippen LogP contribution in [0.1, 0.15) is 27.2 Å². The number of nitrogens with one attached hydrogen (secondary N) is 1. The van der Waals surface area contributed by atoms with Crippen LogP contribution in [0.3, 0.4) is 0 Å². The molecule has 1 fully saturated rings. The van der Waals surface area contributed by atoms with Gasteiger partial charge in [-0.25, -0.2) is 0 Å². The van der Waals surface area contributed by atoms with Gasteiger partial charge in [0.2, 0.25) is 0 Å². The summed E-state index contributed by atoms with van der Waals surface area (Å²) in [6.07, 6.45) is 1.23. The average Bonchev–Trinajstić information content (AvgIpc) is 2.38. The molecule has 1 aliphatic rings. The molecule has 1 rings (SSSR count). The molecule has 0 aromatic heterocycles. The first-order chi connectivity index (χ1) is 9.08. The lowest BCUT2D eigenvalue weighted by Crippen LogP contribution is -2.57. The number of hydrogen-bond acceptors (Lipinski definition) is 4. The number of piperazine rings is 1. The third kappa shape index (κ3) is 5.78. The van der Waals surface area contributed by atoms with Crippen LogP contribution >= 0.6 is 0 Å². The minimum absolute atomic E-state index is 0.506. The van der Waals surface area contributed by atoms with Crippen LogP contribution in [0.15, 0.2) is 0 Å². The van der Waals surface area contributed by atoms with Crippen LogP contribution in [-0.4, -0.2) is 75.4 Å². The molecule has 0 bridgehead atoms. The van der Waals surface area contributed by atoms with Crippen molar-refractivity contribution < 1.29 is 4.74 Å². The summed E-state index contributed by atoms with van der Waals surface area (Å²) in [5.74, 6) is 0.707. The van der Waals surface area contributed by atoms with Crippen LogP contribution in [-0.2, 0) is 4.74 Å². The minimum atomic E-state index is 0.506. The maximum absolute atomic E-state index is 5.42. The Labute approximate surface area is 119 Å². The quantitative estimate of drug-likeness (QED) is 0.719. The van der Waals surface area contributed by atoms with Gasteiger partial charge in [-0.2, -0.15) is 0 Å². The van der Waals surface area contributed by atoms with E-state index in [0.717, 1.165) is 26.2 Å². The molecular weight excluding hydrogens is 238 g/mol. The van der Waals surface area contributed by atoms with Gasteiger partial charge in [0.1, 0.15) is 0 Å². The molecule has 0 saturated carbocycles. The van der Waals surface area contributed by atoms with Crippen molar-refractivity contribution in [1.29, 1.82) is 0 Å². The highest BCUT2D eigenvalue weighted by molar-refractivity contribution is 4.84. The SMILES string of the molecule is CCC1CN(C(CNCC(C)C)COC)CCN1C. The van der Waals surface area contributed by atoms with Crippen LogP contribution in [0.4, 0.5) is 0 Å². The zero-order valence-corrected chi connectivity index (χ0v) is 13.5. The van der Waals surface area contributed by atoms with Crippen molar-refractivity contribution in [3.63, 3.8) is 0 Å². The van der Waals surface area contributed by atoms with Gasteiger partial charge in [0.15, 0.2) is 0 Å². The van der Waals surface area contributed by atoms with Crippen LogP contribution in [0.2, 0.25) is 0 Å². The molecule has 1 heterocycles. The Morgan fingerprint density at radius 1 is 1.26 bits per heavy atom. The summed E-state index contributed by atoms with van der Waals surface area (Å²) in [5, 5.41) is 3.58. The lowest BCUT2D eigenvalue weighted by Gasteiger charge is -2.42. The van der Waals surface area contributed by atoms with Gasteiger partial charge in [0, 0.05) is 45.4 Å². The van der Waals surface area contributed by atoms with E-state index in [1.54, 1.807) is 0 Å². The summed E-state index contributed by atoms with van der Waals surface area (Å²) < 4.78 is 5.42. The maximum atomic E-state index is 5.42. The second-order valence-corrected chi connectivity index (χ2v) is 6.20. The zero-order chi connectivity index (χ0) is 14.3. The monoisotopic (exact) mass is 271 g/mol. The molecular formula is C15H33N3O. The highest BCUT2D eigenvalue weighted by atomic mass is 16.5. The normalized spacial score (nSPS) is 24.0. The Bertz CT molecular complexity index is 235. The molecule has 19 heavy (non-hydrogen) atoms. The fourth-order valence-electron chi connectivity index (χ4n) is 2.77. The smallest absolute Gasteiger partial charge is 0.0630 e. The molecule has 4 nitrogen and oxygen atoms in total. The minimum Gasteiger partial charge on any atom is -0.383 e. The lowest BCUT2D eigenvalue weighted by molar-refractivity contribution is 0.0284. The van der Waals surface area contributed by atoms with E-state index < -0.39 is 0 Å². The second-order valence-electron chi connectivity index (χ2n) is 6.20. The molecule has 0 spiro atoms. The highest BCUT2D eigenvalue weighted by Crippen LogP contribution is 2.13. The third-order valence-electron chi connectivity index (χ3n) is 4.09. The van der Waals surface area contributed by atoms with E-state index in [0.29, 0.717) is 18.0 Å². The molecule has 0 aliphatic carbocycles. The first-order valence-electron chi connectivity index (χ1n) is 7.72. The number of rotatable bonds is 8.